The highest BCUT2D eigenvalue weighted by Crippen LogP contribution is 2.33. The van der Waals surface area contributed by atoms with Crippen molar-refractivity contribution < 1.29 is 89.4 Å². The Bertz CT molecular complexity index is 1560. The molecule has 3 saturated heterocycles. The molecule has 1 amide bonds. The quantitative estimate of drug-likeness (QED) is 0.0234. The fourth-order valence-corrected chi connectivity index (χ4v) is 10.8. The van der Waals surface area contributed by atoms with E-state index in [-0.39, 0.29) is 18.9 Å². The van der Waals surface area contributed by atoms with Crippen LogP contribution in [-0.2, 0) is 33.2 Å². The van der Waals surface area contributed by atoms with Gasteiger partial charge in [0.15, 0.2) is 18.9 Å². The Morgan fingerprint density at radius 1 is 0.450 bits per heavy atom. The molecule has 80 heavy (non-hydrogen) atoms. The molecule has 3 aliphatic heterocycles. The average Bonchev–Trinajstić information content (AvgIpc) is 3.58. The van der Waals surface area contributed by atoms with Crippen LogP contribution in [0.2, 0.25) is 0 Å². The number of unbranched alkanes of at least 4 members (excludes halogenated alkanes) is 27. The lowest BCUT2D eigenvalue weighted by atomic mass is 9.96. The molecule has 0 spiro atoms. The predicted octanol–water partition coefficient (Wildman–Crippen LogP) is 6.32. The van der Waals surface area contributed by atoms with Crippen molar-refractivity contribution in [2.24, 2.45) is 0 Å². The summed E-state index contributed by atoms with van der Waals surface area (Å²) in [7, 11) is 0. The Hall–Kier alpha value is -1.73. The monoisotopic (exact) mass is 1150 g/mol. The normalized spacial score (nSPS) is 30.1. The van der Waals surface area contributed by atoms with Crippen molar-refractivity contribution in [3.63, 3.8) is 0 Å². The third kappa shape index (κ3) is 28.0. The molecular formula is C61H113NO18. The van der Waals surface area contributed by atoms with Crippen molar-refractivity contribution in [3.05, 3.63) is 24.3 Å². The lowest BCUT2D eigenvalue weighted by Gasteiger charge is -2.48. The summed E-state index contributed by atoms with van der Waals surface area (Å²) in [5.41, 5.74) is 0. The van der Waals surface area contributed by atoms with E-state index in [0.29, 0.717) is 19.3 Å². The summed E-state index contributed by atoms with van der Waals surface area (Å²) in [4.78, 5) is 13.2. The van der Waals surface area contributed by atoms with Crippen molar-refractivity contribution in [2.45, 2.75) is 330 Å². The van der Waals surface area contributed by atoms with Gasteiger partial charge in [-0.3, -0.25) is 4.79 Å². The molecule has 0 aromatic heterocycles. The molecule has 0 aliphatic carbocycles. The van der Waals surface area contributed by atoms with Crippen LogP contribution in [0.15, 0.2) is 24.3 Å². The molecule has 0 bridgehead atoms. The van der Waals surface area contributed by atoms with E-state index in [9.17, 15) is 61.0 Å². The molecule has 0 radical (unpaired) electrons. The van der Waals surface area contributed by atoms with Crippen LogP contribution in [0.1, 0.15) is 226 Å². The summed E-state index contributed by atoms with van der Waals surface area (Å²) in [5, 5.41) is 119. The minimum Gasteiger partial charge on any atom is -0.394 e. The number of hydrogen-bond donors (Lipinski definition) is 12. The number of carbonyl (C=O) groups is 1. The molecule has 0 aromatic rings. The SMILES string of the molecule is CCCCCCC/C=C\C/C=C\CCCCCCCCCCCCCCCCCCCCCC(=O)NC(COC1OC(CO)C(OC2OC(CO)C(OC3OC(CO)C(O)C(O)C3O)C(O)C2O)C(O)C1O)C(O)CCCCCC. The molecule has 17 unspecified atom stereocenters. The number of amides is 1. The van der Waals surface area contributed by atoms with Gasteiger partial charge in [0.25, 0.3) is 0 Å². The number of ether oxygens (including phenoxy) is 6. The molecule has 17 atom stereocenters. The summed E-state index contributed by atoms with van der Waals surface area (Å²) in [6, 6.07) is -0.880. The van der Waals surface area contributed by atoms with E-state index in [4.69, 9.17) is 28.4 Å². The molecule has 12 N–H and O–H groups in total. The molecular weight excluding hydrogens is 1030 g/mol. The second-order valence-corrected chi connectivity index (χ2v) is 22.9. The molecule has 3 aliphatic rings. The smallest absolute Gasteiger partial charge is 0.220 e. The number of aliphatic hydroxyl groups excluding tert-OH is 11. The zero-order valence-electron chi connectivity index (χ0n) is 49.1. The van der Waals surface area contributed by atoms with E-state index >= 15 is 0 Å². The second-order valence-electron chi connectivity index (χ2n) is 22.9. The van der Waals surface area contributed by atoms with E-state index in [2.05, 4.69) is 43.5 Å². The van der Waals surface area contributed by atoms with Gasteiger partial charge in [-0.1, -0.05) is 199 Å². The molecule has 19 heteroatoms. The molecule has 470 valence electrons. The van der Waals surface area contributed by atoms with Crippen LogP contribution in [0.25, 0.3) is 0 Å². The van der Waals surface area contributed by atoms with Crippen LogP contribution in [-0.4, -0.2) is 193 Å². The van der Waals surface area contributed by atoms with Crippen LogP contribution in [0.3, 0.4) is 0 Å². The highest BCUT2D eigenvalue weighted by atomic mass is 16.8. The summed E-state index contributed by atoms with van der Waals surface area (Å²) < 4.78 is 34.1. The van der Waals surface area contributed by atoms with E-state index in [1.54, 1.807) is 0 Å². The summed E-state index contributed by atoms with van der Waals surface area (Å²) in [5.74, 6) is -0.250. The van der Waals surface area contributed by atoms with E-state index in [0.717, 1.165) is 44.9 Å². The van der Waals surface area contributed by atoms with E-state index in [1.165, 1.54) is 141 Å². The Balaban J connectivity index is 1.28. The molecule has 0 saturated carbocycles. The average molecular weight is 1150 g/mol. The zero-order valence-corrected chi connectivity index (χ0v) is 49.1. The maximum absolute atomic E-state index is 13.2. The van der Waals surface area contributed by atoms with Gasteiger partial charge < -0.3 is 89.9 Å². The molecule has 3 heterocycles. The van der Waals surface area contributed by atoms with Gasteiger partial charge >= 0.3 is 0 Å². The Labute approximate surface area is 479 Å². The summed E-state index contributed by atoms with van der Waals surface area (Å²) in [6.07, 6.45) is 21.1. The number of allylic oxidation sites excluding steroid dienone is 4. The van der Waals surface area contributed by atoms with Gasteiger partial charge in [0.05, 0.1) is 38.6 Å². The fraction of sp³-hybridized carbons (Fsp3) is 0.918. The van der Waals surface area contributed by atoms with Crippen LogP contribution in [0, 0.1) is 0 Å². The largest absolute Gasteiger partial charge is 0.394 e. The standard InChI is InChI=1S/C61H113NO18/c1-3-5-7-9-10-11-12-13-14-15-16-17-18-19-20-21-22-23-24-25-26-27-28-29-30-31-32-33-34-35-37-39-49(67)62-44(45(66)38-36-8-6-4-2)43-75-59-55(73)52(70)57(47(41-64)77-59)80-61-56(74)53(71)58(48(42-65)78-61)79-60-54(72)51(69)50(68)46(40-63)76-60/h12-13,15-16,44-48,50-61,63-66,68-74H,3-11,14,17-43H2,1-2H3,(H,62,67)/b13-12-,16-15-. The van der Waals surface area contributed by atoms with Crippen molar-refractivity contribution in [2.75, 3.05) is 26.4 Å². The van der Waals surface area contributed by atoms with Crippen molar-refractivity contribution in [1.82, 2.24) is 5.32 Å². The lowest BCUT2D eigenvalue weighted by molar-refractivity contribution is -0.379. The fourth-order valence-electron chi connectivity index (χ4n) is 10.8. The third-order valence-corrected chi connectivity index (χ3v) is 16.0. The maximum Gasteiger partial charge on any atom is 0.220 e. The van der Waals surface area contributed by atoms with Gasteiger partial charge in [0, 0.05) is 6.42 Å². The van der Waals surface area contributed by atoms with E-state index in [1.807, 2.05) is 0 Å². The summed E-state index contributed by atoms with van der Waals surface area (Å²) in [6.45, 7) is 1.64. The van der Waals surface area contributed by atoms with Gasteiger partial charge in [0.2, 0.25) is 5.91 Å². The minimum absolute atomic E-state index is 0.250. The first-order valence-electron chi connectivity index (χ1n) is 31.6. The van der Waals surface area contributed by atoms with Crippen LogP contribution < -0.4 is 5.32 Å². The Kier molecular flexibility index (Phi) is 40.5. The number of hydrogen-bond acceptors (Lipinski definition) is 18. The molecule has 3 rings (SSSR count). The Morgan fingerprint density at radius 2 is 0.825 bits per heavy atom. The first kappa shape index (κ1) is 72.5. The number of aliphatic hydroxyl groups is 11. The topological polar surface area (TPSA) is 307 Å². The highest BCUT2D eigenvalue weighted by Gasteiger charge is 2.53. The lowest BCUT2D eigenvalue weighted by Crippen LogP contribution is -2.66. The van der Waals surface area contributed by atoms with Crippen molar-refractivity contribution in [3.8, 4) is 0 Å². The number of rotatable bonds is 47. The van der Waals surface area contributed by atoms with Gasteiger partial charge in [-0.15, -0.1) is 0 Å². The highest BCUT2D eigenvalue weighted by molar-refractivity contribution is 5.76. The van der Waals surface area contributed by atoms with Gasteiger partial charge in [0.1, 0.15) is 73.2 Å². The first-order valence-corrected chi connectivity index (χ1v) is 31.6. The summed E-state index contributed by atoms with van der Waals surface area (Å²) >= 11 is 0. The van der Waals surface area contributed by atoms with Crippen LogP contribution in [0.4, 0.5) is 0 Å². The van der Waals surface area contributed by atoms with Gasteiger partial charge in [-0.25, -0.2) is 0 Å². The van der Waals surface area contributed by atoms with E-state index < -0.39 is 124 Å². The molecule has 3 fully saturated rings. The molecule has 0 aromatic carbocycles. The predicted molar refractivity (Wildman–Crippen MR) is 305 cm³/mol. The minimum atomic E-state index is -1.97. The number of nitrogens with one attached hydrogen (secondary N) is 1. The van der Waals surface area contributed by atoms with Gasteiger partial charge in [-0.2, -0.15) is 0 Å². The zero-order chi connectivity index (χ0) is 58.3. The van der Waals surface area contributed by atoms with Crippen molar-refractivity contribution >= 4 is 5.91 Å². The maximum atomic E-state index is 13.2. The van der Waals surface area contributed by atoms with Crippen molar-refractivity contribution in [1.29, 1.82) is 0 Å². The number of carbonyl (C=O) groups excluding carboxylic acids is 1. The van der Waals surface area contributed by atoms with Gasteiger partial charge in [-0.05, 0) is 44.9 Å². The first-order chi connectivity index (χ1) is 38.8. The third-order valence-electron chi connectivity index (χ3n) is 16.0. The second kappa shape index (κ2) is 44.7. The van der Waals surface area contributed by atoms with Crippen LogP contribution >= 0.6 is 0 Å². The molecule has 19 nitrogen and oxygen atoms in total. The Morgan fingerprint density at radius 3 is 1.27 bits per heavy atom. The van der Waals surface area contributed by atoms with Crippen LogP contribution in [0.5, 0.6) is 0 Å².